The number of aromatic nitrogens is 4. The normalized spacial score (nSPS) is 11.1. The van der Waals surface area contributed by atoms with Crippen molar-refractivity contribution < 1.29 is 4.74 Å². The molecule has 8 heteroatoms. The highest BCUT2D eigenvalue weighted by atomic mass is 32.2. The van der Waals surface area contributed by atoms with Gasteiger partial charge < -0.3 is 4.74 Å². The Kier molecular flexibility index (Phi) is 3.88. The molecule has 0 atom stereocenters. The summed E-state index contributed by atoms with van der Waals surface area (Å²) in [6.07, 6.45) is 1.62. The van der Waals surface area contributed by atoms with E-state index in [1.54, 1.807) is 26.4 Å². The van der Waals surface area contributed by atoms with Crippen LogP contribution < -0.4 is 10.3 Å². The van der Waals surface area contributed by atoms with Crippen molar-refractivity contribution in [2.45, 2.75) is 24.2 Å². The van der Waals surface area contributed by atoms with Gasteiger partial charge in [-0.25, -0.2) is 9.97 Å². The second kappa shape index (κ2) is 5.69. The Morgan fingerprint density at radius 2 is 2.09 bits per heavy atom. The molecule has 0 aliphatic carbocycles. The van der Waals surface area contributed by atoms with Crippen molar-refractivity contribution in [2.24, 2.45) is 7.05 Å². The van der Waals surface area contributed by atoms with Crippen molar-refractivity contribution in [3.05, 3.63) is 33.1 Å². The highest BCUT2D eigenvalue weighted by Gasteiger charge is 2.16. The molecule has 6 nitrogen and oxygen atoms in total. The fourth-order valence-electron chi connectivity index (χ4n) is 2.02. The highest BCUT2D eigenvalue weighted by Crippen LogP contribution is 2.29. The molecule has 3 aromatic rings. The average Bonchev–Trinajstić information content (AvgIpc) is 2.79. The number of aryl methyl sites for hydroxylation is 2. The summed E-state index contributed by atoms with van der Waals surface area (Å²) in [6, 6.07) is 1.67. The molecule has 0 N–H and O–H groups in total. The lowest BCUT2D eigenvalue weighted by atomic mass is 10.2. The molecule has 0 saturated heterocycles. The van der Waals surface area contributed by atoms with E-state index in [0.29, 0.717) is 21.6 Å². The number of hydrogen-bond acceptors (Lipinski definition) is 7. The Hall–Kier alpha value is -1.93. The third kappa shape index (κ3) is 2.48. The van der Waals surface area contributed by atoms with Crippen molar-refractivity contribution >= 4 is 33.3 Å². The lowest BCUT2D eigenvalue weighted by Crippen LogP contribution is -2.19. The first-order valence-corrected chi connectivity index (χ1v) is 8.16. The van der Waals surface area contributed by atoms with Crippen molar-refractivity contribution in [1.82, 2.24) is 19.5 Å². The van der Waals surface area contributed by atoms with E-state index < -0.39 is 0 Å². The molecule has 0 saturated carbocycles. The van der Waals surface area contributed by atoms with Gasteiger partial charge in [0.15, 0.2) is 10.3 Å². The quantitative estimate of drug-likeness (QED) is 0.686. The molecule has 0 unspecified atom stereocenters. The molecule has 0 bridgehead atoms. The summed E-state index contributed by atoms with van der Waals surface area (Å²) in [5, 5.41) is 1.75. The summed E-state index contributed by atoms with van der Waals surface area (Å²) in [4.78, 5) is 27.4. The van der Waals surface area contributed by atoms with E-state index in [1.165, 1.54) is 27.7 Å². The van der Waals surface area contributed by atoms with Crippen LogP contribution in [-0.4, -0.2) is 26.6 Å². The first kappa shape index (κ1) is 15.0. The van der Waals surface area contributed by atoms with E-state index in [4.69, 9.17) is 4.74 Å². The third-order valence-corrected chi connectivity index (χ3v) is 5.40. The summed E-state index contributed by atoms with van der Waals surface area (Å²) < 4.78 is 6.62. The molecular formula is C14H14N4O2S2. The Labute approximate surface area is 135 Å². The van der Waals surface area contributed by atoms with Crippen molar-refractivity contribution in [3.63, 3.8) is 0 Å². The molecule has 0 aliphatic heterocycles. The highest BCUT2D eigenvalue weighted by molar-refractivity contribution is 7.99. The number of rotatable bonds is 3. The number of thiophene rings is 1. The zero-order valence-corrected chi connectivity index (χ0v) is 14.2. The maximum Gasteiger partial charge on any atom is 0.262 e. The minimum absolute atomic E-state index is 0.0442. The van der Waals surface area contributed by atoms with Crippen LogP contribution in [0, 0.1) is 13.8 Å². The topological polar surface area (TPSA) is 69.9 Å². The van der Waals surface area contributed by atoms with Crippen LogP contribution in [-0.2, 0) is 7.05 Å². The predicted octanol–water partition coefficient (Wildman–Crippen LogP) is 2.56. The molecule has 3 rings (SSSR count). The Morgan fingerprint density at radius 3 is 2.82 bits per heavy atom. The van der Waals surface area contributed by atoms with Gasteiger partial charge in [0.1, 0.15) is 4.83 Å². The van der Waals surface area contributed by atoms with Gasteiger partial charge in [0.2, 0.25) is 5.88 Å². The van der Waals surface area contributed by atoms with Crippen LogP contribution in [0.25, 0.3) is 10.2 Å². The summed E-state index contributed by atoms with van der Waals surface area (Å²) in [6.45, 7) is 3.95. The molecule has 3 heterocycles. The van der Waals surface area contributed by atoms with Crippen molar-refractivity contribution in [1.29, 1.82) is 0 Å². The van der Waals surface area contributed by atoms with Gasteiger partial charge in [0.25, 0.3) is 5.56 Å². The van der Waals surface area contributed by atoms with Gasteiger partial charge in [-0.15, -0.1) is 11.3 Å². The standard InChI is InChI=1S/C14H14N4O2S2/c1-7-8(2)21-11-10(7)12(19)18(3)14(17-11)22-13-15-6-5-9(16-13)20-4/h5-6H,1-4H3. The van der Waals surface area contributed by atoms with E-state index in [-0.39, 0.29) is 5.56 Å². The van der Waals surface area contributed by atoms with Crippen LogP contribution in [0.3, 0.4) is 0 Å². The number of nitrogens with zero attached hydrogens (tertiary/aromatic N) is 4. The third-order valence-electron chi connectivity index (χ3n) is 3.37. The summed E-state index contributed by atoms with van der Waals surface area (Å²) in [5.41, 5.74) is 0.958. The second-order valence-electron chi connectivity index (χ2n) is 4.71. The molecule has 0 spiro atoms. The van der Waals surface area contributed by atoms with Crippen molar-refractivity contribution in [2.75, 3.05) is 7.11 Å². The summed E-state index contributed by atoms with van der Waals surface area (Å²) >= 11 is 2.77. The van der Waals surface area contributed by atoms with Gasteiger partial charge in [0, 0.05) is 24.2 Å². The number of fused-ring (bicyclic) bond motifs is 1. The largest absolute Gasteiger partial charge is 0.481 e. The zero-order chi connectivity index (χ0) is 15.9. The Balaban J connectivity index is 2.11. The molecule has 0 aromatic carbocycles. The van der Waals surface area contributed by atoms with E-state index >= 15 is 0 Å². The smallest absolute Gasteiger partial charge is 0.262 e. The molecule has 22 heavy (non-hydrogen) atoms. The Bertz CT molecular complexity index is 917. The van der Waals surface area contributed by atoms with Gasteiger partial charge >= 0.3 is 0 Å². The van der Waals surface area contributed by atoms with Crippen LogP contribution in [0.4, 0.5) is 0 Å². The first-order valence-electron chi connectivity index (χ1n) is 6.53. The minimum Gasteiger partial charge on any atom is -0.481 e. The Morgan fingerprint density at radius 1 is 1.32 bits per heavy atom. The molecule has 114 valence electrons. The van der Waals surface area contributed by atoms with E-state index in [9.17, 15) is 4.79 Å². The number of hydrogen-bond donors (Lipinski definition) is 0. The van der Waals surface area contributed by atoms with Gasteiger partial charge in [-0.3, -0.25) is 9.36 Å². The predicted molar refractivity (Wildman–Crippen MR) is 87.0 cm³/mol. The van der Waals surface area contributed by atoms with Gasteiger partial charge in [-0.1, -0.05) is 0 Å². The maximum absolute atomic E-state index is 12.5. The van der Waals surface area contributed by atoms with Crippen LogP contribution in [0.5, 0.6) is 5.88 Å². The first-order chi connectivity index (χ1) is 10.5. The molecule has 0 fully saturated rings. The van der Waals surface area contributed by atoms with E-state index in [0.717, 1.165) is 15.3 Å². The monoisotopic (exact) mass is 334 g/mol. The molecule has 0 radical (unpaired) electrons. The van der Waals surface area contributed by atoms with Gasteiger partial charge in [0.05, 0.1) is 12.5 Å². The van der Waals surface area contributed by atoms with E-state index in [2.05, 4.69) is 15.0 Å². The fourth-order valence-corrected chi connectivity index (χ4v) is 3.86. The molecule has 0 amide bonds. The zero-order valence-electron chi connectivity index (χ0n) is 12.6. The molecular weight excluding hydrogens is 320 g/mol. The van der Waals surface area contributed by atoms with Crippen molar-refractivity contribution in [3.8, 4) is 5.88 Å². The lowest BCUT2D eigenvalue weighted by Gasteiger charge is -2.06. The van der Waals surface area contributed by atoms with E-state index in [1.807, 2.05) is 13.8 Å². The number of methoxy groups -OCH3 is 1. The van der Waals surface area contributed by atoms with Crippen LogP contribution in [0.2, 0.25) is 0 Å². The second-order valence-corrected chi connectivity index (χ2v) is 6.84. The van der Waals surface area contributed by atoms with Crippen LogP contribution >= 0.6 is 23.1 Å². The minimum atomic E-state index is -0.0442. The maximum atomic E-state index is 12.5. The number of ether oxygens (including phenoxy) is 1. The van der Waals surface area contributed by atoms with Gasteiger partial charge in [-0.2, -0.15) is 4.98 Å². The van der Waals surface area contributed by atoms with Crippen LogP contribution in [0.1, 0.15) is 10.4 Å². The van der Waals surface area contributed by atoms with Crippen LogP contribution in [0.15, 0.2) is 27.4 Å². The average molecular weight is 334 g/mol. The summed E-state index contributed by atoms with van der Waals surface area (Å²) in [7, 11) is 3.26. The molecule has 3 aromatic heterocycles. The van der Waals surface area contributed by atoms with Gasteiger partial charge in [-0.05, 0) is 31.2 Å². The SMILES string of the molecule is COc1ccnc(Sc2nc3sc(C)c(C)c3c(=O)n2C)n1. The lowest BCUT2D eigenvalue weighted by molar-refractivity contribution is 0.392. The fraction of sp³-hybridized carbons (Fsp3) is 0.286. The molecule has 0 aliphatic rings. The summed E-state index contributed by atoms with van der Waals surface area (Å²) in [5.74, 6) is 0.478.